The second-order valence-electron chi connectivity index (χ2n) is 5.75. The molecule has 27 heavy (non-hydrogen) atoms. The summed E-state index contributed by atoms with van der Waals surface area (Å²) in [5.74, 6) is 1.16. The van der Waals surface area contributed by atoms with Crippen LogP contribution in [0.25, 0.3) is 16.6 Å². The van der Waals surface area contributed by atoms with Gasteiger partial charge in [-0.1, -0.05) is 48.2 Å². The van der Waals surface area contributed by atoms with Crippen LogP contribution in [0.1, 0.15) is 5.82 Å². The zero-order valence-electron chi connectivity index (χ0n) is 14.4. The predicted octanol–water partition coefficient (Wildman–Crippen LogP) is 2.85. The molecule has 0 aliphatic heterocycles. The first kappa shape index (κ1) is 17.2. The van der Waals surface area contributed by atoms with Crippen molar-refractivity contribution < 1.29 is 0 Å². The van der Waals surface area contributed by atoms with Gasteiger partial charge in [-0.25, -0.2) is 4.98 Å². The minimum atomic E-state index is -0.0781. The van der Waals surface area contributed by atoms with E-state index in [-0.39, 0.29) is 5.56 Å². The number of rotatable bonds is 6. The fourth-order valence-electron chi connectivity index (χ4n) is 2.74. The Kier molecular flexibility index (Phi) is 4.80. The summed E-state index contributed by atoms with van der Waals surface area (Å²) >= 11 is 1.42. The molecule has 0 bridgehead atoms. The molecule has 0 radical (unpaired) electrons. The van der Waals surface area contributed by atoms with E-state index in [4.69, 9.17) is 0 Å². The number of fused-ring (bicyclic) bond motifs is 1. The SMILES string of the molecule is C=CCn1c(SCc2nnnn2-c2ccccc2)nc2ccccc2c1=O. The number of para-hydroxylation sites is 2. The molecule has 8 heteroatoms. The summed E-state index contributed by atoms with van der Waals surface area (Å²) in [7, 11) is 0. The van der Waals surface area contributed by atoms with Crippen LogP contribution < -0.4 is 5.56 Å². The third-order valence-corrected chi connectivity index (χ3v) is 4.98. The molecule has 0 unspecified atom stereocenters. The molecule has 0 atom stereocenters. The molecule has 4 rings (SSSR count). The highest BCUT2D eigenvalue weighted by molar-refractivity contribution is 7.98. The lowest BCUT2D eigenvalue weighted by Gasteiger charge is -2.11. The van der Waals surface area contributed by atoms with Crippen molar-refractivity contribution in [2.75, 3.05) is 0 Å². The van der Waals surface area contributed by atoms with E-state index in [2.05, 4.69) is 27.1 Å². The number of thioether (sulfide) groups is 1. The number of benzene rings is 2. The molecular formula is C19H16N6OS. The topological polar surface area (TPSA) is 78.5 Å². The van der Waals surface area contributed by atoms with Gasteiger partial charge < -0.3 is 0 Å². The number of hydrogen-bond acceptors (Lipinski definition) is 6. The molecule has 0 amide bonds. The predicted molar refractivity (Wildman–Crippen MR) is 105 cm³/mol. The first-order chi connectivity index (χ1) is 13.3. The van der Waals surface area contributed by atoms with Gasteiger partial charge >= 0.3 is 0 Å². The fraction of sp³-hybridized carbons (Fsp3) is 0.105. The third kappa shape index (κ3) is 3.39. The molecule has 134 valence electrons. The third-order valence-electron chi connectivity index (χ3n) is 4.00. The Balaban J connectivity index is 1.69. The van der Waals surface area contributed by atoms with Gasteiger partial charge in [0.15, 0.2) is 11.0 Å². The minimum absolute atomic E-state index is 0.0781. The van der Waals surface area contributed by atoms with Crippen LogP contribution in [0.5, 0.6) is 0 Å². The van der Waals surface area contributed by atoms with Gasteiger partial charge in [0, 0.05) is 6.54 Å². The average molecular weight is 376 g/mol. The molecule has 7 nitrogen and oxygen atoms in total. The lowest BCUT2D eigenvalue weighted by molar-refractivity contribution is 0.671. The maximum absolute atomic E-state index is 12.8. The van der Waals surface area contributed by atoms with Gasteiger partial charge in [-0.3, -0.25) is 9.36 Å². The number of aromatic nitrogens is 6. The molecule has 0 aliphatic rings. The summed E-state index contributed by atoms with van der Waals surface area (Å²) in [4.78, 5) is 17.5. The lowest BCUT2D eigenvalue weighted by Crippen LogP contribution is -2.22. The number of tetrazole rings is 1. The van der Waals surface area contributed by atoms with Crippen molar-refractivity contribution >= 4 is 22.7 Å². The van der Waals surface area contributed by atoms with Crippen molar-refractivity contribution in [3.05, 3.63) is 83.4 Å². The minimum Gasteiger partial charge on any atom is -0.283 e. The zero-order chi connectivity index (χ0) is 18.6. The summed E-state index contributed by atoms with van der Waals surface area (Å²) in [6.45, 7) is 4.14. The second kappa shape index (κ2) is 7.55. The summed E-state index contributed by atoms with van der Waals surface area (Å²) in [6, 6.07) is 17.0. The Hall–Kier alpha value is -3.26. The van der Waals surface area contributed by atoms with E-state index in [1.807, 2.05) is 48.5 Å². The van der Waals surface area contributed by atoms with Gasteiger partial charge in [-0.05, 0) is 34.7 Å². The molecule has 2 heterocycles. The van der Waals surface area contributed by atoms with Crippen molar-refractivity contribution in [2.24, 2.45) is 0 Å². The highest BCUT2D eigenvalue weighted by Gasteiger charge is 2.14. The van der Waals surface area contributed by atoms with Crippen LogP contribution in [-0.2, 0) is 12.3 Å². The number of allylic oxidation sites excluding steroid dienone is 1. The van der Waals surface area contributed by atoms with Gasteiger partial charge in [0.05, 0.1) is 22.3 Å². The van der Waals surface area contributed by atoms with Crippen molar-refractivity contribution in [1.82, 2.24) is 29.8 Å². The van der Waals surface area contributed by atoms with Crippen molar-refractivity contribution in [3.8, 4) is 5.69 Å². The molecule has 2 aromatic carbocycles. The lowest BCUT2D eigenvalue weighted by atomic mass is 10.2. The van der Waals surface area contributed by atoms with Gasteiger partial charge in [-0.2, -0.15) is 4.68 Å². The first-order valence-corrected chi connectivity index (χ1v) is 9.32. The van der Waals surface area contributed by atoms with Gasteiger partial charge in [-0.15, -0.1) is 11.7 Å². The monoisotopic (exact) mass is 376 g/mol. The van der Waals surface area contributed by atoms with Crippen molar-refractivity contribution in [2.45, 2.75) is 17.5 Å². The standard InChI is InChI=1S/C19H16N6OS/c1-2-12-24-18(26)15-10-6-7-11-16(15)20-19(24)27-13-17-21-22-23-25(17)14-8-4-3-5-9-14/h2-11H,1,12-13H2. The molecule has 0 aliphatic carbocycles. The van der Waals surface area contributed by atoms with E-state index >= 15 is 0 Å². The Morgan fingerprint density at radius 2 is 1.85 bits per heavy atom. The first-order valence-electron chi connectivity index (χ1n) is 8.34. The Bertz CT molecular complexity index is 1150. The molecule has 0 saturated heterocycles. The summed E-state index contributed by atoms with van der Waals surface area (Å²) in [5.41, 5.74) is 1.48. The van der Waals surface area contributed by atoms with Gasteiger partial charge in [0.1, 0.15) is 0 Å². The van der Waals surface area contributed by atoms with E-state index < -0.39 is 0 Å². The number of hydrogen-bond donors (Lipinski definition) is 0. The molecule has 0 N–H and O–H groups in total. The van der Waals surface area contributed by atoms with E-state index in [1.54, 1.807) is 21.4 Å². The van der Waals surface area contributed by atoms with Gasteiger partial charge in [0.2, 0.25) is 0 Å². The van der Waals surface area contributed by atoms with Crippen LogP contribution in [0.2, 0.25) is 0 Å². The van der Waals surface area contributed by atoms with E-state index in [0.29, 0.717) is 34.2 Å². The molecule has 2 aromatic heterocycles. The summed E-state index contributed by atoms with van der Waals surface area (Å²) < 4.78 is 3.31. The Morgan fingerprint density at radius 1 is 1.07 bits per heavy atom. The smallest absolute Gasteiger partial charge is 0.262 e. The molecule has 0 spiro atoms. The molecule has 4 aromatic rings. The van der Waals surface area contributed by atoms with Crippen LogP contribution in [0, 0.1) is 0 Å². The molecular weight excluding hydrogens is 360 g/mol. The fourth-order valence-corrected chi connectivity index (χ4v) is 3.66. The van der Waals surface area contributed by atoms with Crippen LogP contribution in [0.4, 0.5) is 0 Å². The maximum atomic E-state index is 12.8. The average Bonchev–Trinajstić information content (AvgIpc) is 3.18. The van der Waals surface area contributed by atoms with Crippen LogP contribution in [0.3, 0.4) is 0 Å². The van der Waals surface area contributed by atoms with Crippen molar-refractivity contribution in [3.63, 3.8) is 0 Å². The summed E-state index contributed by atoms with van der Waals surface area (Å²) in [6.07, 6.45) is 1.69. The Morgan fingerprint density at radius 3 is 2.67 bits per heavy atom. The highest BCUT2D eigenvalue weighted by atomic mass is 32.2. The molecule has 0 saturated carbocycles. The number of nitrogens with zero attached hydrogens (tertiary/aromatic N) is 6. The van der Waals surface area contributed by atoms with E-state index in [9.17, 15) is 4.79 Å². The zero-order valence-corrected chi connectivity index (χ0v) is 15.2. The van der Waals surface area contributed by atoms with Crippen LogP contribution in [-0.4, -0.2) is 29.8 Å². The van der Waals surface area contributed by atoms with Crippen LogP contribution >= 0.6 is 11.8 Å². The normalized spacial score (nSPS) is 11.0. The van der Waals surface area contributed by atoms with E-state index in [0.717, 1.165) is 5.69 Å². The quantitative estimate of drug-likeness (QED) is 0.292. The second-order valence-corrected chi connectivity index (χ2v) is 6.69. The summed E-state index contributed by atoms with van der Waals surface area (Å²) in [5, 5.41) is 13.2. The Labute approximate surface area is 159 Å². The van der Waals surface area contributed by atoms with Crippen LogP contribution in [0.15, 0.2) is 77.2 Å². The largest absolute Gasteiger partial charge is 0.283 e. The van der Waals surface area contributed by atoms with E-state index in [1.165, 1.54) is 11.8 Å². The van der Waals surface area contributed by atoms with Crippen molar-refractivity contribution in [1.29, 1.82) is 0 Å². The highest BCUT2D eigenvalue weighted by Crippen LogP contribution is 2.22. The molecule has 0 fully saturated rings. The van der Waals surface area contributed by atoms with Gasteiger partial charge in [0.25, 0.3) is 5.56 Å². The maximum Gasteiger partial charge on any atom is 0.262 e.